The van der Waals surface area contributed by atoms with Crippen LogP contribution in [0.25, 0.3) is 11.0 Å². The van der Waals surface area contributed by atoms with Crippen LogP contribution in [-0.2, 0) is 0 Å². The zero-order chi connectivity index (χ0) is 24.8. The van der Waals surface area contributed by atoms with E-state index in [2.05, 4.69) is 29.1 Å². The lowest BCUT2D eigenvalue weighted by molar-refractivity contribution is 0.101. The molecule has 0 amide bonds. The third-order valence-corrected chi connectivity index (χ3v) is 6.57. The van der Waals surface area contributed by atoms with Gasteiger partial charge in [-0.2, -0.15) is 0 Å². The molecule has 0 saturated carbocycles. The first kappa shape index (κ1) is 24.9. The van der Waals surface area contributed by atoms with Crippen molar-refractivity contribution in [2.45, 2.75) is 51.6 Å². The number of fused-ring (bicyclic) bond motifs is 1. The maximum atomic E-state index is 13.4. The van der Waals surface area contributed by atoms with Crippen molar-refractivity contribution in [2.75, 3.05) is 26.7 Å². The molecule has 0 N–H and O–H groups in total. The van der Waals surface area contributed by atoms with Gasteiger partial charge in [-0.3, -0.25) is 9.69 Å². The van der Waals surface area contributed by atoms with Crippen LogP contribution in [0, 0.1) is 5.82 Å². The molecule has 35 heavy (non-hydrogen) atoms. The molecule has 1 unspecified atom stereocenters. The monoisotopic (exact) mass is 480 g/mol. The largest absolute Gasteiger partial charge is 0.493 e. The topological polar surface area (TPSA) is 64.8 Å². The van der Waals surface area contributed by atoms with E-state index in [1.807, 2.05) is 0 Å². The maximum Gasteiger partial charge on any atom is 0.170 e. The van der Waals surface area contributed by atoms with Gasteiger partial charge in [0.05, 0.1) is 12.8 Å². The lowest BCUT2D eigenvalue weighted by Crippen LogP contribution is -2.33. The van der Waals surface area contributed by atoms with Crippen LogP contribution in [0.3, 0.4) is 0 Å². The number of likely N-dealkylation sites (tertiary alicyclic amines) is 1. The van der Waals surface area contributed by atoms with E-state index in [9.17, 15) is 9.18 Å². The fourth-order valence-corrected chi connectivity index (χ4v) is 4.60. The lowest BCUT2D eigenvalue weighted by atomic mass is 9.91. The van der Waals surface area contributed by atoms with Crippen molar-refractivity contribution < 1.29 is 23.2 Å². The van der Waals surface area contributed by atoms with E-state index in [-0.39, 0.29) is 17.7 Å². The van der Waals surface area contributed by atoms with Gasteiger partial charge in [-0.1, -0.05) is 24.6 Å². The second kappa shape index (κ2) is 11.5. The minimum Gasteiger partial charge on any atom is -0.493 e. The summed E-state index contributed by atoms with van der Waals surface area (Å²) in [6.45, 7) is 6.44. The Kier molecular flexibility index (Phi) is 8.18. The Bertz CT molecular complexity index is 1180. The Hall–Kier alpha value is -3.19. The number of halogens is 1. The number of ether oxygens (including phenoxy) is 2. The van der Waals surface area contributed by atoms with E-state index in [0.717, 1.165) is 56.4 Å². The van der Waals surface area contributed by atoms with Crippen molar-refractivity contribution in [1.29, 1.82) is 0 Å². The van der Waals surface area contributed by atoms with E-state index in [4.69, 9.17) is 14.0 Å². The highest BCUT2D eigenvalue weighted by molar-refractivity contribution is 5.94. The molecule has 1 aromatic heterocycles. The number of ketones is 1. The molecule has 6 nitrogen and oxygen atoms in total. The average molecular weight is 481 g/mol. The predicted molar refractivity (Wildman–Crippen MR) is 134 cm³/mol. The van der Waals surface area contributed by atoms with Crippen molar-refractivity contribution in [3.05, 3.63) is 65.6 Å². The van der Waals surface area contributed by atoms with Gasteiger partial charge in [-0.15, -0.1) is 0 Å². The van der Waals surface area contributed by atoms with Crippen molar-refractivity contribution in [3.8, 4) is 11.5 Å². The molecular formula is C28H33FN2O4. The number of Topliss-reactive ketones (excluding diaryl/α,β-unsaturated/α-hetero) is 1. The first-order valence-corrected chi connectivity index (χ1v) is 12.3. The second-order valence-electron chi connectivity index (χ2n) is 9.08. The van der Waals surface area contributed by atoms with Gasteiger partial charge < -0.3 is 14.0 Å². The van der Waals surface area contributed by atoms with Crippen molar-refractivity contribution in [1.82, 2.24) is 10.1 Å². The number of rotatable bonds is 10. The minimum atomic E-state index is -0.307. The molecule has 1 saturated heterocycles. The van der Waals surface area contributed by atoms with Gasteiger partial charge in [-0.05, 0) is 75.7 Å². The van der Waals surface area contributed by atoms with Gasteiger partial charge in [-0.25, -0.2) is 4.39 Å². The highest BCUT2D eigenvalue weighted by Crippen LogP contribution is 2.33. The van der Waals surface area contributed by atoms with Crippen molar-refractivity contribution in [2.24, 2.45) is 0 Å². The molecule has 2 heterocycles. The van der Waals surface area contributed by atoms with Crippen molar-refractivity contribution in [3.63, 3.8) is 0 Å². The molecule has 186 valence electrons. The van der Waals surface area contributed by atoms with Gasteiger partial charge in [0.25, 0.3) is 0 Å². The van der Waals surface area contributed by atoms with Crippen LogP contribution < -0.4 is 9.47 Å². The number of hydrogen-bond donors (Lipinski definition) is 0. The molecule has 0 aliphatic carbocycles. The fraction of sp³-hybridized carbons (Fsp3) is 0.429. The Morgan fingerprint density at radius 1 is 1.23 bits per heavy atom. The summed E-state index contributed by atoms with van der Waals surface area (Å²) in [5.41, 5.74) is 2.06. The van der Waals surface area contributed by atoms with E-state index < -0.39 is 0 Å². The van der Waals surface area contributed by atoms with Crippen LogP contribution in [0.5, 0.6) is 11.5 Å². The number of nitrogens with zero attached hydrogens (tertiary/aromatic N) is 2. The summed E-state index contributed by atoms with van der Waals surface area (Å²) in [5.74, 6) is 1.22. The van der Waals surface area contributed by atoms with Crippen LogP contribution in [-0.4, -0.2) is 48.7 Å². The summed E-state index contributed by atoms with van der Waals surface area (Å²) in [7, 11) is 1.58. The smallest absolute Gasteiger partial charge is 0.170 e. The third kappa shape index (κ3) is 6.09. The van der Waals surface area contributed by atoms with Gasteiger partial charge in [0.1, 0.15) is 11.9 Å². The predicted octanol–water partition coefficient (Wildman–Crippen LogP) is 6.16. The Balaban J connectivity index is 1.32. The van der Waals surface area contributed by atoms with Gasteiger partial charge in [0.15, 0.2) is 22.9 Å². The maximum absolute atomic E-state index is 13.4. The molecule has 1 atom stereocenters. The average Bonchev–Trinajstić information content (AvgIpc) is 3.27. The quantitative estimate of drug-likeness (QED) is 0.256. The number of aromatic nitrogens is 1. The number of piperidine rings is 1. The molecule has 3 aromatic rings. The highest BCUT2D eigenvalue weighted by Gasteiger charge is 2.24. The van der Waals surface area contributed by atoms with Gasteiger partial charge in [0, 0.05) is 29.5 Å². The summed E-state index contributed by atoms with van der Waals surface area (Å²) in [5, 5.41) is 5.15. The van der Waals surface area contributed by atoms with Crippen LogP contribution in [0.2, 0.25) is 0 Å². The SMILES string of the molecule is CCCC(/C=C/CN1CCC(c2noc3cc(F)ccc23)CC1)Oc1ccc(C(C)=O)cc1OC. The summed E-state index contributed by atoms with van der Waals surface area (Å²) in [6.07, 6.45) is 8.07. The first-order valence-electron chi connectivity index (χ1n) is 12.3. The fourth-order valence-electron chi connectivity index (χ4n) is 4.60. The normalized spacial score (nSPS) is 16.1. The molecule has 1 fully saturated rings. The number of carbonyl (C=O) groups is 1. The minimum absolute atomic E-state index is 0.00531. The number of methoxy groups -OCH3 is 1. The Morgan fingerprint density at radius 3 is 2.74 bits per heavy atom. The molecule has 1 aliphatic rings. The summed E-state index contributed by atoms with van der Waals surface area (Å²) in [4.78, 5) is 14.1. The molecule has 0 spiro atoms. The molecule has 4 rings (SSSR count). The first-order chi connectivity index (χ1) is 17.0. The standard InChI is InChI=1S/C28H33FN2O4/c1-4-6-23(34-25-11-8-21(19(2)32)17-27(25)33-3)7-5-14-31-15-12-20(13-16-31)28-24-10-9-22(29)18-26(24)35-30-28/h5,7-11,17-18,20,23H,4,6,12-16H2,1-3H3/b7-5+. The lowest BCUT2D eigenvalue weighted by Gasteiger charge is -2.30. The molecule has 1 aliphatic heterocycles. The van der Waals surface area contributed by atoms with Crippen LogP contribution in [0.15, 0.2) is 53.1 Å². The summed E-state index contributed by atoms with van der Waals surface area (Å²) < 4.78 is 30.5. The Labute approximate surface area is 205 Å². The third-order valence-electron chi connectivity index (χ3n) is 6.57. The number of hydrogen-bond acceptors (Lipinski definition) is 6. The summed E-state index contributed by atoms with van der Waals surface area (Å²) >= 11 is 0. The van der Waals surface area contributed by atoms with E-state index >= 15 is 0 Å². The zero-order valence-electron chi connectivity index (χ0n) is 20.6. The van der Waals surface area contributed by atoms with E-state index in [1.165, 1.54) is 19.1 Å². The second-order valence-corrected chi connectivity index (χ2v) is 9.08. The zero-order valence-corrected chi connectivity index (χ0v) is 20.6. The molecule has 7 heteroatoms. The van der Waals surface area contributed by atoms with Crippen LogP contribution in [0.1, 0.15) is 61.5 Å². The van der Waals surface area contributed by atoms with Gasteiger partial charge in [0.2, 0.25) is 0 Å². The van der Waals surface area contributed by atoms with E-state index in [1.54, 1.807) is 31.4 Å². The highest BCUT2D eigenvalue weighted by atomic mass is 19.1. The van der Waals surface area contributed by atoms with E-state index in [0.29, 0.717) is 28.6 Å². The molecular weight excluding hydrogens is 447 g/mol. The van der Waals surface area contributed by atoms with Gasteiger partial charge >= 0.3 is 0 Å². The number of benzene rings is 2. The van der Waals surface area contributed by atoms with Crippen molar-refractivity contribution >= 4 is 16.8 Å². The summed E-state index contributed by atoms with van der Waals surface area (Å²) in [6, 6.07) is 9.93. The van der Waals surface area contributed by atoms with Crippen LogP contribution >= 0.6 is 0 Å². The molecule has 2 aromatic carbocycles. The number of carbonyl (C=O) groups excluding carboxylic acids is 1. The molecule has 0 radical (unpaired) electrons. The Morgan fingerprint density at radius 2 is 2.03 bits per heavy atom. The van der Waals surface area contributed by atoms with Crippen LogP contribution in [0.4, 0.5) is 4.39 Å². The molecule has 0 bridgehead atoms.